The van der Waals surface area contributed by atoms with Gasteiger partial charge in [0.25, 0.3) is 5.56 Å². The smallest absolute Gasteiger partial charge is 0.416 e. The van der Waals surface area contributed by atoms with Crippen LogP contribution >= 0.6 is 0 Å². The lowest BCUT2D eigenvalue weighted by atomic mass is 9.88. The summed E-state index contributed by atoms with van der Waals surface area (Å²) in [7, 11) is 3.54. The molecule has 1 amide bonds. The zero-order chi connectivity index (χ0) is 36.2. The van der Waals surface area contributed by atoms with Crippen LogP contribution in [0.15, 0.2) is 35.3 Å². The van der Waals surface area contributed by atoms with E-state index in [4.69, 9.17) is 0 Å². The minimum atomic E-state index is -4.82. The molecule has 48 heavy (non-hydrogen) atoms. The standard InChI is InChI=1S/C36H44F5N3O4/c1-19(2)12-28(44-18-24(10-9-11-43(7)8)26(16-29(44)45)36(39,40)41)35(48)42-27(17-30(46)47)32-33(37)23(6)15-25(34(32)38)31-21(4)13-20(3)14-22(31)5/h13-16,18-19,27-28H,9-12,17H2,1-8H3,(H,42,48)(H,46,47)/t27-,28?/m0/s1. The second-order valence-corrected chi connectivity index (χ2v) is 13.2. The van der Waals surface area contributed by atoms with Crippen LogP contribution in [0.5, 0.6) is 0 Å². The highest BCUT2D eigenvalue weighted by atomic mass is 19.4. The van der Waals surface area contributed by atoms with E-state index in [0.29, 0.717) is 35.7 Å². The van der Waals surface area contributed by atoms with Crippen molar-refractivity contribution in [1.29, 1.82) is 0 Å². The fourth-order valence-electron chi connectivity index (χ4n) is 6.24. The fraction of sp³-hybridized carbons (Fsp3) is 0.472. The van der Waals surface area contributed by atoms with Gasteiger partial charge in [-0.15, -0.1) is 0 Å². The highest BCUT2D eigenvalue weighted by Gasteiger charge is 2.36. The Morgan fingerprint density at radius 1 is 0.958 bits per heavy atom. The van der Waals surface area contributed by atoms with Gasteiger partial charge in [0.2, 0.25) is 5.91 Å². The van der Waals surface area contributed by atoms with Gasteiger partial charge in [0.15, 0.2) is 0 Å². The highest BCUT2D eigenvalue weighted by Crippen LogP contribution is 2.38. The molecule has 3 aromatic rings. The van der Waals surface area contributed by atoms with Crippen molar-refractivity contribution in [3.05, 3.63) is 91.4 Å². The van der Waals surface area contributed by atoms with Gasteiger partial charge in [0.1, 0.15) is 17.7 Å². The zero-order valence-corrected chi connectivity index (χ0v) is 28.6. The number of halogens is 5. The Labute approximate surface area is 277 Å². The number of amides is 1. The summed E-state index contributed by atoms with van der Waals surface area (Å²) in [6.07, 6.45) is -4.43. The van der Waals surface area contributed by atoms with Crippen molar-refractivity contribution < 1.29 is 36.6 Å². The van der Waals surface area contributed by atoms with Crippen molar-refractivity contribution in [3.8, 4) is 11.1 Å². The molecule has 0 spiro atoms. The average Bonchev–Trinajstić information content (AvgIpc) is 2.93. The largest absolute Gasteiger partial charge is 0.481 e. The molecule has 1 aromatic heterocycles. The number of hydrogen-bond donors (Lipinski definition) is 2. The summed E-state index contributed by atoms with van der Waals surface area (Å²) >= 11 is 0. The molecule has 0 aliphatic carbocycles. The van der Waals surface area contributed by atoms with E-state index in [-0.39, 0.29) is 35.4 Å². The van der Waals surface area contributed by atoms with Crippen molar-refractivity contribution in [2.45, 2.75) is 85.5 Å². The molecule has 1 heterocycles. The Morgan fingerprint density at radius 2 is 1.56 bits per heavy atom. The van der Waals surface area contributed by atoms with Crippen LogP contribution in [0.3, 0.4) is 0 Å². The summed E-state index contributed by atoms with van der Waals surface area (Å²) in [5.41, 5.74) is -0.135. The van der Waals surface area contributed by atoms with Crippen LogP contribution in [0.2, 0.25) is 0 Å². The molecule has 0 saturated heterocycles. The van der Waals surface area contributed by atoms with Gasteiger partial charge in [0, 0.05) is 23.4 Å². The number of carbonyl (C=O) groups is 2. The molecule has 0 bridgehead atoms. The summed E-state index contributed by atoms with van der Waals surface area (Å²) in [5.74, 6) is -4.76. The van der Waals surface area contributed by atoms with Gasteiger partial charge in [-0.05, 0) is 107 Å². The van der Waals surface area contributed by atoms with E-state index >= 15 is 8.78 Å². The van der Waals surface area contributed by atoms with Crippen molar-refractivity contribution in [2.24, 2.45) is 5.92 Å². The number of carboxylic acids is 1. The predicted octanol–water partition coefficient (Wildman–Crippen LogP) is 7.46. The van der Waals surface area contributed by atoms with Gasteiger partial charge in [-0.2, -0.15) is 13.2 Å². The molecule has 0 aliphatic rings. The molecule has 0 radical (unpaired) electrons. The summed E-state index contributed by atoms with van der Waals surface area (Å²) in [4.78, 5) is 41.0. The number of rotatable bonds is 13. The molecule has 12 heteroatoms. The van der Waals surface area contributed by atoms with Crippen LogP contribution in [0.25, 0.3) is 11.1 Å². The second kappa shape index (κ2) is 15.4. The van der Waals surface area contributed by atoms with Gasteiger partial charge < -0.3 is 19.9 Å². The number of carbonyl (C=O) groups excluding carboxylic acids is 1. The third-order valence-electron chi connectivity index (χ3n) is 8.26. The van der Waals surface area contributed by atoms with Gasteiger partial charge in [0.05, 0.1) is 18.0 Å². The lowest BCUT2D eigenvalue weighted by Crippen LogP contribution is -2.41. The first-order chi connectivity index (χ1) is 22.2. The van der Waals surface area contributed by atoms with E-state index in [1.165, 1.54) is 13.0 Å². The first-order valence-electron chi connectivity index (χ1n) is 15.8. The molecular formula is C36H44F5N3O4. The van der Waals surface area contributed by atoms with E-state index < -0.39 is 64.9 Å². The minimum Gasteiger partial charge on any atom is -0.481 e. The fourth-order valence-corrected chi connectivity index (χ4v) is 6.24. The number of nitrogens with one attached hydrogen (secondary N) is 1. The predicted molar refractivity (Wildman–Crippen MR) is 175 cm³/mol. The quantitative estimate of drug-likeness (QED) is 0.183. The summed E-state index contributed by atoms with van der Waals surface area (Å²) in [6, 6.07) is 2.35. The Bertz CT molecular complexity index is 1710. The van der Waals surface area contributed by atoms with E-state index in [0.717, 1.165) is 16.3 Å². The Balaban J connectivity index is 2.18. The van der Waals surface area contributed by atoms with Crippen LogP contribution in [0.1, 0.15) is 84.1 Å². The number of hydrogen-bond acceptors (Lipinski definition) is 4. The normalized spacial score (nSPS) is 13.2. The third-order valence-corrected chi connectivity index (χ3v) is 8.26. The molecule has 262 valence electrons. The molecule has 2 aromatic carbocycles. The first kappa shape index (κ1) is 38.4. The summed E-state index contributed by atoms with van der Waals surface area (Å²) < 4.78 is 75.1. The minimum absolute atomic E-state index is 0.0190. The molecular weight excluding hydrogens is 633 g/mol. The Hall–Kier alpha value is -4.06. The van der Waals surface area contributed by atoms with Gasteiger partial charge >= 0.3 is 12.1 Å². The number of aromatic nitrogens is 1. The molecule has 1 unspecified atom stereocenters. The molecule has 0 saturated carbocycles. The Morgan fingerprint density at radius 3 is 2.08 bits per heavy atom. The molecule has 2 N–H and O–H groups in total. The molecule has 0 aliphatic heterocycles. The number of benzene rings is 2. The lowest BCUT2D eigenvalue weighted by molar-refractivity contribution is -0.139. The van der Waals surface area contributed by atoms with Crippen molar-refractivity contribution in [2.75, 3.05) is 20.6 Å². The number of pyridine rings is 1. The maximum absolute atomic E-state index is 16.4. The van der Waals surface area contributed by atoms with E-state index in [1.807, 2.05) is 19.1 Å². The third kappa shape index (κ3) is 9.09. The Kier molecular flexibility index (Phi) is 12.3. The highest BCUT2D eigenvalue weighted by molar-refractivity contribution is 5.82. The summed E-state index contributed by atoms with van der Waals surface area (Å²) in [5, 5.41) is 12.2. The number of aryl methyl sites for hydroxylation is 5. The number of nitrogens with zero attached hydrogens (tertiary/aromatic N) is 2. The monoisotopic (exact) mass is 677 g/mol. The van der Waals surface area contributed by atoms with E-state index in [9.17, 15) is 32.7 Å². The van der Waals surface area contributed by atoms with Crippen molar-refractivity contribution in [1.82, 2.24) is 14.8 Å². The second-order valence-electron chi connectivity index (χ2n) is 13.2. The van der Waals surface area contributed by atoms with Crippen molar-refractivity contribution in [3.63, 3.8) is 0 Å². The zero-order valence-electron chi connectivity index (χ0n) is 28.6. The number of alkyl halides is 3. The SMILES string of the molecule is Cc1cc(C)c(-c2cc(C)c(F)c([C@H](CC(=O)O)NC(=O)C(CC(C)C)n3cc(CCCN(C)C)c(C(F)(F)F)cc3=O)c2F)c(C)c1. The van der Waals surface area contributed by atoms with Crippen molar-refractivity contribution >= 4 is 11.9 Å². The van der Waals surface area contributed by atoms with Crippen LogP contribution in [-0.4, -0.2) is 47.1 Å². The molecule has 3 rings (SSSR count). The van der Waals surface area contributed by atoms with Crippen LogP contribution in [0, 0.1) is 45.2 Å². The summed E-state index contributed by atoms with van der Waals surface area (Å²) in [6.45, 7) is 10.8. The van der Waals surface area contributed by atoms with Gasteiger partial charge in [-0.25, -0.2) is 8.78 Å². The molecule has 0 fully saturated rings. The number of aliphatic carboxylic acids is 1. The topological polar surface area (TPSA) is 91.6 Å². The molecule has 7 nitrogen and oxygen atoms in total. The number of carboxylic acid groups (broad SMARTS) is 1. The first-order valence-corrected chi connectivity index (χ1v) is 15.8. The average molecular weight is 678 g/mol. The van der Waals surface area contributed by atoms with Crippen LogP contribution in [-0.2, 0) is 22.2 Å². The van der Waals surface area contributed by atoms with Crippen LogP contribution in [0.4, 0.5) is 22.0 Å². The van der Waals surface area contributed by atoms with Gasteiger partial charge in [-0.3, -0.25) is 14.4 Å². The lowest BCUT2D eigenvalue weighted by Gasteiger charge is -2.27. The van der Waals surface area contributed by atoms with Gasteiger partial charge in [-0.1, -0.05) is 31.5 Å². The van der Waals surface area contributed by atoms with E-state index in [1.54, 1.807) is 46.7 Å². The molecule has 2 atom stereocenters. The van der Waals surface area contributed by atoms with Crippen LogP contribution < -0.4 is 10.9 Å². The maximum atomic E-state index is 16.4. The maximum Gasteiger partial charge on any atom is 0.416 e. The van der Waals surface area contributed by atoms with E-state index in [2.05, 4.69) is 5.32 Å².